The SMILES string of the molecule is CCc1cnccc1C(O)c1ccnn1CC. The molecule has 0 aliphatic heterocycles. The normalized spacial score (nSPS) is 12.6. The van der Waals surface area contributed by atoms with Gasteiger partial charge in [-0.15, -0.1) is 0 Å². The van der Waals surface area contributed by atoms with Crippen LogP contribution < -0.4 is 0 Å². The zero-order chi connectivity index (χ0) is 12.3. The number of aliphatic hydroxyl groups is 1. The van der Waals surface area contributed by atoms with Crippen LogP contribution in [0.2, 0.25) is 0 Å². The van der Waals surface area contributed by atoms with Gasteiger partial charge >= 0.3 is 0 Å². The third-order valence-corrected chi connectivity index (χ3v) is 2.95. The van der Waals surface area contributed by atoms with Gasteiger partial charge in [0.25, 0.3) is 0 Å². The summed E-state index contributed by atoms with van der Waals surface area (Å²) in [7, 11) is 0. The lowest BCUT2D eigenvalue weighted by Crippen LogP contribution is -2.10. The summed E-state index contributed by atoms with van der Waals surface area (Å²) in [5.41, 5.74) is 2.81. The van der Waals surface area contributed by atoms with Crippen molar-refractivity contribution in [3.8, 4) is 0 Å². The highest BCUT2D eigenvalue weighted by molar-refractivity contribution is 5.31. The second kappa shape index (κ2) is 5.10. The molecule has 0 amide bonds. The molecule has 0 aliphatic rings. The van der Waals surface area contributed by atoms with Crippen LogP contribution in [0.25, 0.3) is 0 Å². The van der Waals surface area contributed by atoms with Crippen molar-refractivity contribution in [1.29, 1.82) is 0 Å². The minimum atomic E-state index is -0.629. The first-order valence-corrected chi connectivity index (χ1v) is 5.90. The van der Waals surface area contributed by atoms with Crippen molar-refractivity contribution in [3.05, 3.63) is 47.5 Å². The molecule has 1 N–H and O–H groups in total. The summed E-state index contributed by atoms with van der Waals surface area (Å²) in [4.78, 5) is 4.09. The van der Waals surface area contributed by atoms with E-state index in [1.807, 2.05) is 29.9 Å². The van der Waals surface area contributed by atoms with Crippen LogP contribution in [0, 0.1) is 0 Å². The van der Waals surface area contributed by atoms with Crippen LogP contribution in [-0.4, -0.2) is 19.9 Å². The topological polar surface area (TPSA) is 50.9 Å². The van der Waals surface area contributed by atoms with E-state index in [1.54, 1.807) is 12.4 Å². The fraction of sp³-hybridized carbons (Fsp3) is 0.385. The molecule has 0 aromatic carbocycles. The summed E-state index contributed by atoms with van der Waals surface area (Å²) < 4.78 is 1.81. The molecule has 90 valence electrons. The van der Waals surface area contributed by atoms with Gasteiger partial charge in [0.1, 0.15) is 6.10 Å². The molecule has 2 aromatic rings. The Hall–Kier alpha value is -1.68. The van der Waals surface area contributed by atoms with Crippen LogP contribution in [0.15, 0.2) is 30.7 Å². The van der Waals surface area contributed by atoms with Crippen LogP contribution in [0.1, 0.15) is 36.8 Å². The van der Waals surface area contributed by atoms with E-state index in [-0.39, 0.29) is 0 Å². The lowest BCUT2D eigenvalue weighted by molar-refractivity contribution is 0.207. The van der Waals surface area contributed by atoms with Crippen LogP contribution in [0.4, 0.5) is 0 Å². The molecule has 0 aliphatic carbocycles. The van der Waals surface area contributed by atoms with Crippen molar-refractivity contribution in [2.75, 3.05) is 0 Å². The zero-order valence-corrected chi connectivity index (χ0v) is 10.2. The fourth-order valence-corrected chi connectivity index (χ4v) is 2.00. The molecule has 1 unspecified atom stereocenters. The first kappa shape index (κ1) is 11.8. The lowest BCUT2D eigenvalue weighted by Gasteiger charge is -2.15. The average Bonchev–Trinajstić information content (AvgIpc) is 2.86. The van der Waals surface area contributed by atoms with Crippen molar-refractivity contribution in [2.24, 2.45) is 0 Å². The smallest absolute Gasteiger partial charge is 0.121 e. The molecule has 0 saturated heterocycles. The second-order valence-electron chi connectivity index (χ2n) is 3.90. The summed E-state index contributed by atoms with van der Waals surface area (Å²) in [6, 6.07) is 3.73. The molecule has 1 atom stereocenters. The monoisotopic (exact) mass is 231 g/mol. The second-order valence-corrected chi connectivity index (χ2v) is 3.90. The minimum absolute atomic E-state index is 0.629. The van der Waals surface area contributed by atoms with Gasteiger partial charge in [-0.1, -0.05) is 6.92 Å². The Kier molecular flexibility index (Phi) is 3.54. The molecular formula is C13H17N3O. The number of aryl methyl sites for hydroxylation is 2. The Bertz CT molecular complexity index is 493. The third-order valence-electron chi connectivity index (χ3n) is 2.95. The van der Waals surface area contributed by atoms with Crippen LogP contribution in [-0.2, 0) is 13.0 Å². The zero-order valence-electron chi connectivity index (χ0n) is 10.2. The van der Waals surface area contributed by atoms with Crippen LogP contribution in [0.5, 0.6) is 0 Å². The molecule has 17 heavy (non-hydrogen) atoms. The van der Waals surface area contributed by atoms with Crippen LogP contribution in [0.3, 0.4) is 0 Å². The number of nitrogens with zero attached hydrogens (tertiary/aromatic N) is 3. The van der Waals surface area contributed by atoms with E-state index in [0.717, 1.165) is 29.8 Å². The summed E-state index contributed by atoms with van der Waals surface area (Å²) in [6.07, 6.45) is 5.47. The van der Waals surface area contributed by atoms with E-state index in [2.05, 4.69) is 17.0 Å². The van der Waals surface area contributed by atoms with Gasteiger partial charge in [0, 0.05) is 25.1 Å². The highest BCUT2D eigenvalue weighted by atomic mass is 16.3. The van der Waals surface area contributed by atoms with Gasteiger partial charge in [-0.25, -0.2) is 0 Å². The summed E-state index contributed by atoms with van der Waals surface area (Å²) in [5.74, 6) is 0. The van der Waals surface area contributed by atoms with Gasteiger partial charge in [-0.2, -0.15) is 5.10 Å². The number of aliphatic hydroxyl groups excluding tert-OH is 1. The van der Waals surface area contributed by atoms with E-state index in [9.17, 15) is 5.11 Å². The van der Waals surface area contributed by atoms with Gasteiger partial charge in [0.15, 0.2) is 0 Å². The third kappa shape index (κ3) is 2.22. The number of pyridine rings is 1. The lowest BCUT2D eigenvalue weighted by atomic mass is 10.0. The number of rotatable bonds is 4. The highest BCUT2D eigenvalue weighted by Crippen LogP contribution is 2.24. The quantitative estimate of drug-likeness (QED) is 0.875. The predicted octanol–water partition coefficient (Wildman–Crippen LogP) is 1.94. The van der Waals surface area contributed by atoms with E-state index in [1.165, 1.54) is 0 Å². The standard InChI is InChI=1S/C13H17N3O/c1-3-10-9-14-7-5-11(10)13(17)12-6-8-15-16(12)4-2/h5-9,13,17H,3-4H2,1-2H3. The molecule has 4 heteroatoms. The number of hydrogen-bond donors (Lipinski definition) is 1. The minimum Gasteiger partial charge on any atom is -0.382 e. The maximum Gasteiger partial charge on any atom is 0.121 e. The van der Waals surface area contributed by atoms with Gasteiger partial charge < -0.3 is 5.11 Å². The molecule has 2 heterocycles. The fourth-order valence-electron chi connectivity index (χ4n) is 2.00. The van der Waals surface area contributed by atoms with Gasteiger partial charge in [-0.05, 0) is 36.6 Å². The average molecular weight is 231 g/mol. The molecule has 0 radical (unpaired) electrons. The maximum absolute atomic E-state index is 10.4. The first-order valence-electron chi connectivity index (χ1n) is 5.90. The first-order chi connectivity index (χ1) is 8.27. The Morgan fingerprint density at radius 1 is 1.29 bits per heavy atom. The molecule has 0 bridgehead atoms. The van der Waals surface area contributed by atoms with Gasteiger partial charge in [0.2, 0.25) is 0 Å². The highest BCUT2D eigenvalue weighted by Gasteiger charge is 2.17. The molecular weight excluding hydrogens is 214 g/mol. The maximum atomic E-state index is 10.4. The summed E-state index contributed by atoms with van der Waals surface area (Å²) in [6.45, 7) is 4.83. The van der Waals surface area contributed by atoms with E-state index >= 15 is 0 Å². The molecule has 0 spiro atoms. The van der Waals surface area contributed by atoms with E-state index in [4.69, 9.17) is 0 Å². The van der Waals surface area contributed by atoms with Crippen LogP contribution >= 0.6 is 0 Å². The summed E-state index contributed by atoms with van der Waals surface area (Å²) in [5, 5.41) is 14.6. The van der Waals surface area contributed by atoms with Crippen molar-refractivity contribution in [2.45, 2.75) is 32.9 Å². The molecule has 4 nitrogen and oxygen atoms in total. The Morgan fingerprint density at radius 3 is 2.82 bits per heavy atom. The predicted molar refractivity (Wildman–Crippen MR) is 65.6 cm³/mol. The number of aromatic nitrogens is 3. The van der Waals surface area contributed by atoms with Crippen molar-refractivity contribution < 1.29 is 5.11 Å². The molecule has 0 saturated carbocycles. The Labute approximate surface area is 101 Å². The largest absolute Gasteiger partial charge is 0.382 e. The van der Waals surface area contributed by atoms with E-state index < -0.39 is 6.10 Å². The van der Waals surface area contributed by atoms with Crippen molar-refractivity contribution in [3.63, 3.8) is 0 Å². The molecule has 2 aromatic heterocycles. The Balaban J connectivity index is 2.40. The van der Waals surface area contributed by atoms with Gasteiger partial charge in [0.05, 0.1) is 5.69 Å². The molecule has 2 rings (SSSR count). The van der Waals surface area contributed by atoms with Crippen molar-refractivity contribution in [1.82, 2.24) is 14.8 Å². The number of hydrogen-bond acceptors (Lipinski definition) is 3. The van der Waals surface area contributed by atoms with Crippen molar-refractivity contribution >= 4 is 0 Å². The molecule has 0 fully saturated rings. The Morgan fingerprint density at radius 2 is 2.12 bits per heavy atom. The van der Waals surface area contributed by atoms with E-state index in [0.29, 0.717) is 0 Å². The summed E-state index contributed by atoms with van der Waals surface area (Å²) >= 11 is 0. The van der Waals surface area contributed by atoms with Gasteiger partial charge in [-0.3, -0.25) is 9.67 Å².